The van der Waals surface area contributed by atoms with Gasteiger partial charge in [0.1, 0.15) is 0 Å². The minimum absolute atomic E-state index is 0.140. The maximum absolute atomic E-state index is 9.43. The number of aliphatic hydroxyl groups is 1. The van der Waals surface area contributed by atoms with Crippen LogP contribution >= 0.6 is 46.4 Å². The molecule has 0 saturated heterocycles. The molecule has 2 nitrogen and oxygen atoms in total. The molecule has 1 aromatic carbocycles. The van der Waals surface area contributed by atoms with E-state index >= 15 is 0 Å². The van der Waals surface area contributed by atoms with E-state index in [2.05, 4.69) is 0 Å². The molecule has 14 heavy (non-hydrogen) atoms. The lowest BCUT2D eigenvalue weighted by Crippen LogP contribution is -1.95. The van der Waals surface area contributed by atoms with Crippen molar-refractivity contribution in [3.05, 3.63) is 31.2 Å². The van der Waals surface area contributed by atoms with E-state index in [4.69, 9.17) is 51.1 Å². The van der Waals surface area contributed by atoms with E-state index in [1.54, 1.807) is 0 Å². The summed E-state index contributed by atoms with van der Waals surface area (Å²) >= 11 is 23.5. The van der Waals surface area contributed by atoms with Crippen LogP contribution in [0.1, 0.15) is 17.4 Å². The van der Waals surface area contributed by atoms with Gasteiger partial charge in [0.25, 0.3) is 0 Å². The molecule has 0 saturated carbocycles. The lowest BCUT2D eigenvalue weighted by atomic mass is 10.1. The lowest BCUT2D eigenvalue weighted by molar-refractivity contribution is -0.0917. The van der Waals surface area contributed by atoms with Gasteiger partial charge in [0.2, 0.25) is 0 Å². The number of ether oxygens (including phenoxy) is 1. The van der Waals surface area contributed by atoms with Crippen LogP contribution in [0.15, 0.2) is 0 Å². The summed E-state index contributed by atoms with van der Waals surface area (Å²) in [6.45, 7) is 0.186. The Bertz CT molecular complexity index is 405. The number of fused-ring (bicyclic) bond motifs is 1. The molecule has 0 aromatic heterocycles. The molecule has 0 aliphatic carbocycles. The second-order valence-corrected chi connectivity index (χ2v) is 4.32. The van der Waals surface area contributed by atoms with Crippen molar-refractivity contribution in [2.24, 2.45) is 0 Å². The molecule has 1 aliphatic heterocycles. The molecule has 1 aliphatic rings. The first-order valence-electron chi connectivity index (χ1n) is 3.68. The standard InChI is InChI=1S/C8H4Cl4O2/c9-4-2-1-14-8(13)3(2)5(10)7(12)6(4)11/h8,13H,1H2. The highest BCUT2D eigenvalue weighted by Gasteiger charge is 2.30. The van der Waals surface area contributed by atoms with Crippen molar-refractivity contribution >= 4 is 46.4 Å². The lowest BCUT2D eigenvalue weighted by Gasteiger charge is -2.09. The number of rotatable bonds is 0. The second-order valence-electron chi connectivity index (χ2n) is 2.81. The minimum atomic E-state index is -1.08. The molecule has 6 heteroatoms. The molecule has 1 aromatic rings. The maximum atomic E-state index is 9.43. The monoisotopic (exact) mass is 272 g/mol. The highest BCUT2D eigenvalue weighted by Crippen LogP contribution is 2.47. The summed E-state index contributed by atoms with van der Waals surface area (Å²) in [7, 11) is 0. The number of halogens is 4. The number of hydrogen-bond donors (Lipinski definition) is 1. The summed E-state index contributed by atoms with van der Waals surface area (Å²) in [5, 5.41) is 10.2. The van der Waals surface area contributed by atoms with Crippen LogP contribution in [0.4, 0.5) is 0 Å². The maximum Gasteiger partial charge on any atom is 0.183 e. The molecule has 0 bridgehead atoms. The molecule has 1 heterocycles. The fraction of sp³-hybridized carbons (Fsp3) is 0.250. The largest absolute Gasteiger partial charge is 0.364 e. The van der Waals surface area contributed by atoms with Crippen LogP contribution < -0.4 is 0 Å². The van der Waals surface area contributed by atoms with Gasteiger partial charge in [-0.2, -0.15) is 0 Å². The number of benzene rings is 1. The van der Waals surface area contributed by atoms with Gasteiger partial charge in [0.15, 0.2) is 6.29 Å². The fourth-order valence-electron chi connectivity index (χ4n) is 1.34. The Hall–Kier alpha value is 0.300. The summed E-state index contributed by atoms with van der Waals surface area (Å²) < 4.78 is 4.96. The van der Waals surface area contributed by atoms with Gasteiger partial charge in [-0.15, -0.1) is 0 Å². The van der Waals surface area contributed by atoms with E-state index in [-0.39, 0.29) is 26.7 Å². The summed E-state index contributed by atoms with van der Waals surface area (Å²) in [5.41, 5.74) is 1.00. The average molecular weight is 274 g/mol. The zero-order chi connectivity index (χ0) is 10.5. The molecule has 76 valence electrons. The van der Waals surface area contributed by atoms with Crippen LogP contribution in [0.2, 0.25) is 20.1 Å². The SMILES string of the molecule is OC1OCc2c(Cl)c(Cl)c(Cl)c(Cl)c21. The summed E-state index contributed by atoms with van der Waals surface area (Å²) in [6, 6.07) is 0. The third kappa shape index (κ3) is 1.42. The van der Waals surface area contributed by atoms with Crippen molar-refractivity contribution in [2.75, 3.05) is 0 Å². The topological polar surface area (TPSA) is 29.5 Å². The molecular weight excluding hydrogens is 270 g/mol. The van der Waals surface area contributed by atoms with E-state index in [0.717, 1.165) is 0 Å². The van der Waals surface area contributed by atoms with E-state index in [9.17, 15) is 5.11 Å². The van der Waals surface area contributed by atoms with Gasteiger partial charge in [0, 0.05) is 11.1 Å². The van der Waals surface area contributed by atoms with Crippen molar-refractivity contribution in [2.45, 2.75) is 12.9 Å². The van der Waals surface area contributed by atoms with E-state index in [1.165, 1.54) is 0 Å². The molecule has 1 unspecified atom stereocenters. The first kappa shape index (κ1) is 10.8. The zero-order valence-corrected chi connectivity index (χ0v) is 9.68. The Morgan fingerprint density at radius 3 is 2.21 bits per heavy atom. The fourth-order valence-corrected chi connectivity index (χ4v) is 2.39. The van der Waals surface area contributed by atoms with Crippen LogP contribution in [0.3, 0.4) is 0 Å². The predicted molar refractivity (Wildman–Crippen MR) is 56.2 cm³/mol. The van der Waals surface area contributed by atoms with Gasteiger partial charge in [-0.25, -0.2) is 0 Å². The second kappa shape index (κ2) is 3.71. The van der Waals surface area contributed by atoms with Crippen LogP contribution in [0, 0.1) is 0 Å². The van der Waals surface area contributed by atoms with Crippen molar-refractivity contribution in [3.63, 3.8) is 0 Å². The van der Waals surface area contributed by atoms with Gasteiger partial charge >= 0.3 is 0 Å². The predicted octanol–water partition coefficient (Wildman–Crippen LogP) is 3.82. The Labute approximate surface area is 100 Å². The smallest absolute Gasteiger partial charge is 0.183 e. The zero-order valence-electron chi connectivity index (χ0n) is 6.65. The number of aliphatic hydroxyl groups excluding tert-OH is 1. The van der Waals surface area contributed by atoms with E-state index in [1.807, 2.05) is 0 Å². The summed E-state index contributed by atoms with van der Waals surface area (Å²) in [5.74, 6) is 0. The van der Waals surface area contributed by atoms with Gasteiger partial charge in [-0.3, -0.25) is 0 Å². The molecule has 0 radical (unpaired) electrons. The van der Waals surface area contributed by atoms with Crippen molar-refractivity contribution in [1.29, 1.82) is 0 Å². The van der Waals surface area contributed by atoms with E-state index < -0.39 is 6.29 Å². The minimum Gasteiger partial charge on any atom is -0.364 e. The van der Waals surface area contributed by atoms with Crippen LogP contribution in [0.5, 0.6) is 0 Å². The Kier molecular flexibility index (Phi) is 2.86. The summed E-state index contributed by atoms with van der Waals surface area (Å²) in [4.78, 5) is 0. The average Bonchev–Trinajstić information content (AvgIpc) is 2.54. The Morgan fingerprint density at radius 1 is 1.00 bits per heavy atom. The molecule has 0 spiro atoms. The first-order chi connectivity index (χ1) is 6.54. The highest BCUT2D eigenvalue weighted by atomic mass is 35.5. The first-order valence-corrected chi connectivity index (χ1v) is 5.19. The van der Waals surface area contributed by atoms with Crippen LogP contribution in [-0.4, -0.2) is 5.11 Å². The number of hydrogen-bond acceptors (Lipinski definition) is 2. The quantitative estimate of drug-likeness (QED) is 0.575. The molecule has 0 fully saturated rings. The van der Waals surface area contributed by atoms with Crippen molar-refractivity contribution in [1.82, 2.24) is 0 Å². The van der Waals surface area contributed by atoms with Crippen molar-refractivity contribution in [3.8, 4) is 0 Å². The third-order valence-corrected chi connectivity index (χ3v) is 3.89. The molecule has 1 atom stereocenters. The van der Waals surface area contributed by atoms with Crippen LogP contribution in [-0.2, 0) is 11.3 Å². The molecular formula is C8H4Cl4O2. The molecule has 1 N–H and O–H groups in total. The Morgan fingerprint density at radius 2 is 1.57 bits per heavy atom. The molecule has 2 rings (SSSR count). The Balaban J connectivity index is 2.77. The van der Waals surface area contributed by atoms with Gasteiger partial charge in [-0.1, -0.05) is 46.4 Å². The van der Waals surface area contributed by atoms with Gasteiger partial charge < -0.3 is 9.84 Å². The molecule has 0 amide bonds. The van der Waals surface area contributed by atoms with Crippen LogP contribution in [0.25, 0.3) is 0 Å². The third-order valence-electron chi connectivity index (χ3n) is 2.04. The normalized spacial score (nSPS) is 19.9. The summed E-state index contributed by atoms with van der Waals surface area (Å²) in [6.07, 6.45) is -1.08. The highest BCUT2D eigenvalue weighted by molar-refractivity contribution is 6.52. The van der Waals surface area contributed by atoms with Gasteiger partial charge in [-0.05, 0) is 0 Å². The van der Waals surface area contributed by atoms with Crippen molar-refractivity contribution < 1.29 is 9.84 Å². The van der Waals surface area contributed by atoms with E-state index in [0.29, 0.717) is 11.1 Å². The van der Waals surface area contributed by atoms with Gasteiger partial charge in [0.05, 0.1) is 26.7 Å².